The minimum Gasteiger partial charge on any atom is -0.494 e. The first kappa shape index (κ1) is 27.1. The summed E-state index contributed by atoms with van der Waals surface area (Å²) in [5.74, 6) is -0.258. The van der Waals surface area contributed by atoms with E-state index < -0.39 is 11.2 Å². The first-order valence-corrected chi connectivity index (χ1v) is 14.6. The minimum atomic E-state index is -0.503. The number of hydrogen-bond donors (Lipinski definition) is 2. The smallest absolute Gasteiger partial charge is 0.341 e. The van der Waals surface area contributed by atoms with Gasteiger partial charge in [-0.05, 0) is 76.3 Å². The average Bonchev–Trinajstić information content (AvgIpc) is 3.48. The Morgan fingerprint density at radius 1 is 1.03 bits per heavy atom. The van der Waals surface area contributed by atoms with E-state index in [1.54, 1.807) is 38.1 Å². The number of ether oxygens (including phenoxy) is 2. The molecule has 4 rings (SSSR count). The van der Waals surface area contributed by atoms with Crippen molar-refractivity contribution in [2.45, 2.75) is 56.0 Å². The fourth-order valence-corrected chi connectivity index (χ4v) is 7.01. The van der Waals surface area contributed by atoms with Crippen LogP contribution in [0.1, 0.15) is 64.8 Å². The van der Waals surface area contributed by atoms with Gasteiger partial charge in [0.2, 0.25) is 11.0 Å². The zero-order chi connectivity index (χ0) is 26.4. The van der Waals surface area contributed by atoms with E-state index >= 15 is 0 Å². The molecule has 1 aliphatic carbocycles. The number of nitrogens with zero attached hydrogens (tertiary/aromatic N) is 2. The molecule has 1 atom stereocenters. The second-order valence-electron chi connectivity index (χ2n) is 8.17. The van der Waals surface area contributed by atoms with Gasteiger partial charge < -0.3 is 14.8 Å². The summed E-state index contributed by atoms with van der Waals surface area (Å²) in [5.41, 5.74) is 1.96. The Bertz CT molecular complexity index is 1270. The molecule has 0 saturated heterocycles. The SMILES string of the molecule is CCOC(=O)c1c(NC(=O)C(C)Sc2nnc(NC(=O)c3ccc(OCC)cc3)s2)sc2c1CCCC2. The topological polar surface area (TPSA) is 120 Å². The lowest BCUT2D eigenvalue weighted by atomic mass is 9.95. The molecule has 3 aromatic rings. The van der Waals surface area contributed by atoms with Crippen LogP contribution in [0.25, 0.3) is 0 Å². The van der Waals surface area contributed by atoms with Crippen LogP contribution in [-0.2, 0) is 22.4 Å². The van der Waals surface area contributed by atoms with Crippen molar-refractivity contribution >= 4 is 62.4 Å². The lowest BCUT2D eigenvalue weighted by molar-refractivity contribution is -0.115. The van der Waals surface area contributed by atoms with Gasteiger partial charge in [0.25, 0.3) is 5.91 Å². The molecule has 9 nitrogen and oxygen atoms in total. The summed E-state index contributed by atoms with van der Waals surface area (Å²) in [7, 11) is 0. The van der Waals surface area contributed by atoms with Crippen LogP contribution in [-0.4, -0.2) is 46.4 Å². The molecule has 0 fully saturated rings. The molecule has 196 valence electrons. The van der Waals surface area contributed by atoms with Crippen LogP contribution in [0.4, 0.5) is 10.1 Å². The quantitative estimate of drug-likeness (QED) is 0.192. The van der Waals surface area contributed by atoms with Gasteiger partial charge in [0.05, 0.1) is 24.0 Å². The number of benzene rings is 1. The van der Waals surface area contributed by atoms with E-state index in [1.165, 1.54) is 34.4 Å². The molecule has 1 aromatic carbocycles. The fourth-order valence-electron chi connectivity index (χ4n) is 3.84. The molecule has 0 aliphatic heterocycles. The van der Waals surface area contributed by atoms with Gasteiger partial charge in [0.15, 0.2) is 4.34 Å². The number of fused-ring (bicyclic) bond motifs is 1. The maximum Gasteiger partial charge on any atom is 0.341 e. The van der Waals surface area contributed by atoms with Crippen LogP contribution in [0.5, 0.6) is 5.75 Å². The molecule has 2 N–H and O–H groups in total. The Labute approximate surface area is 227 Å². The van der Waals surface area contributed by atoms with Gasteiger partial charge in [-0.2, -0.15) is 0 Å². The van der Waals surface area contributed by atoms with Gasteiger partial charge in [0, 0.05) is 10.4 Å². The van der Waals surface area contributed by atoms with Crippen LogP contribution in [0.15, 0.2) is 28.6 Å². The van der Waals surface area contributed by atoms with Gasteiger partial charge in [-0.15, -0.1) is 21.5 Å². The number of anilines is 2. The molecule has 2 aromatic heterocycles. The molecule has 1 unspecified atom stereocenters. The predicted octanol–water partition coefficient (Wildman–Crippen LogP) is 5.43. The number of thiophene rings is 1. The van der Waals surface area contributed by atoms with Gasteiger partial charge in [-0.25, -0.2) is 4.79 Å². The highest BCUT2D eigenvalue weighted by Gasteiger charge is 2.28. The molecule has 1 aliphatic rings. The van der Waals surface area contributed by atoms with Crippen molar-refractivity contribution in [1.82, 2.24) is 10.2 Å². The van der Waals surface area contributed by atoms with Crippen LogP contribution < -0.4 is 15.4 Å². The minimum absolute atomic E-state index is 0.246. The molecule has 2 heterocycles. The highest BCUT2D eigenvalue weighted by Crippen LogP contribution is 2.39. The van der Waals surface area contributed by atoms with E-state index in [1.807, 2.05) is 6.92 Å². The van der Waals surface area contributed by atoms with Crippen molar-refractivity contribution in [2.24, 2.45) is 0 Å². The maximum absolute atomic E-state index is 13.0. The van der Waals surface area contributed by atoms with E-state index in [0.29, 0.717) is 38.0 Å². The lowest BCUT2D eigenvalue weighted by Crippen LogP contribution is -2.23. The lowest BCUT2D eigenvalue weighted by Gasteiger charge is -2.13. The van der Waals surface area contributed by atoms with Crippen molar-refractivity contribution < 1.29 is 23.9 Å². The third kappa shape index (κ3) is 6.68. The Balaban J connectivity index is 1.38. The monoisotopic (exact) mass is 560 g/mol. The Kier molecular flexibility index (Phi) is 9.17. The van der Waals surface area contributed by atoms with Gasteiger partial charge in [-0.1, -0.05) is 23.1 Å². The Hall–Kier alpha value is -2.96. The number of amides is 2. The van der Waals surface area contributed by atoms with Crippen molar-refractivity contribution in [1.29, 1.82) is 0 Å². The molecular weight excluding hydrogens is 532 g/mol. The van der Waals surface area contributed by atoms with Crippen molar-refractivity contribution in [3.63, 3.8) is 0 Å². The zero-order valence-electron chi connectivity index (χ0n) is 20.8. The summed E-state index contributed by atoms with van der Waals surface area (Å²) in [5, 5.41) is 14.2. The third-order valence-corrected chi connectivity index (χ3v) is 8.82. The second-order valence-corrected chi connectivity index (χ2v) is 11.8. The van der Waals surface area contributed by atoms with Gasteiger partial charge >= 0.3 is 5.97 Å². The van der Waals surface area contributed by atoms with E-state index in [-0.39, 0.29) is 18.4 Å². The number of aromatic nitrogens is 2. The number of thioether (sulfide) groups is 1. The first-order valence-electron chi connectivity index (χ1n) is 12.1. The van der Waals surface area contributed by atoms with Crippen LogP contribution in [0.2, 0.25) is 0 Å². The number of esters is 1. The Morgan fingerprint density at radius 2 is 1.78 bits per heavy atom. The molecule has 37 heavy (non-hydrogen) atoms. The van der Waals surface area contributed by atoms with Crippen molar-refractivity contribution in [2.75, 3.05) is 23.8 Å². The molecule has 2 amide bonds. The van der Waals surface area contributed by atoms with E-state index in [4.69, 9.17) is 9.47 Å². The van der Waals surface area contributed by atoms with Crippen molar-refractivity contribution in [3.8, 4) is 5.75 Å². The van der Waals surface area contributed by atoms with E-state index in [0.717, 1.165) is 36.1 Å². The number of rotatable bonds is 10. The average molecular weight is 561 g/mol. The van der Waals surface area contributed by atoms with Crippen LogP contribution in [0, 0.1) is 0 Å². The number of aryl methyl sites for hydroxylation is 1. The van der Waals surface area contributed by atoms with E-state index in [2.05, 4.69) is 20.8 Å². The molecule has 0 bridgehead atoms. The molecule has 0 radical (unpaired) electrons. The summed E-state index contributed by atoms with van der Waals surface area (Å²) in [6.07, 6.45) is 3.81. The molecular formula is C25H28N4O5S3. The number of nitrogens with one attached hydrogen (secondary N) is 2. The summed E-state index contributed by atoms with van der Waals surface area (Å²) in [6.45, 7) is 6.25. The van der Waals surface area contributed by atoms with Crippen LogP contribution in [0.3, 0.4) is 0 Å². The van der Waals surface area contributed by atoms with Crippen molar-refractivity contribution in [3.05, 3.63) is 45.8 Å². The molecule has 12 heteroatoms. The number of carbonyl (C=O) groups is 3. The summed E-state index contributed by atoms with van der Waals surface area (Å²) in [6, 6.07) is 6.82. The third-order valence-electron chi connectivity index (χ3n) is 5.59. The summed E-state index contributed by atoms with van der Waals surface area (Å²) >= 11 is 3.88. The number of hydrogen-bond acceptors (Lipinski definition) is 10. The fraction of sp³-hybridized carbons (Fsp3) is 0.400. The molecule has 0 saturated carbocycles. The van der Waals surface area contributed by atoms with Gasteiger partial charge in [0.1, 0.15) is 10.8 Å². The molecule has 0 spiro atoms. The van der Waals surface area contributed by atoms with Crippen LogP contribution >= 0.6 is 34.4 Å². The highest BCUT2D eigenvalue weighted by molar-refractivity contribution is 8.02. The standard InChI is InChI=1S/C25H28N4O5S3/c1-4-33-16-12-10-15(11-13-16)21(31)27-24-28-29-25(37-24)35-14(3)20(30)26-22-19(23(32)34-5-2)17-8-6-7-9-18(17)36-22/h10-14H,4-9H2,1-3H3,(H,26,30)(H,27,28,31). The summed E-state index contributed by atoms with van der Waals surface area (Å²) < 4.78 is 11.2. The summed E-state index contributed by atoms with van der Waals surface area (Å²) in [4.78, 5) is 39.3. The normalized spacial score (nSPS) is 13.4. The first-order chi connectivity index (χ1) is 17.9. The van der Waals surface area contributed by atoms with Gasteiger partial charge in [-0.3, -0.25) is 14.9 Å². The largest absolute Gasteiger partial charge is 0.494 e. The highest BCUT2D eigenvalue weighted by atomic mass is 32.2. The number of carbonyl (C=O) groups excluding carboxylic acids is 3. The van der Waals surface area contributed by atoms with E-state index in [9.17, 15) is 14.4 Å². The predicted molar refractivity (Wildman–Crippen MR) is 146 cm³/mol. The Morgan fingerprint density at radius 3 is 2.51 bits per heavy atom. The second kappa shape index (κ2) is 12.5. The zero-order valence-corrected chi connectivity index (χ0v) is 23.2. The maximum atomic E-state index is 13.0.